The number of hydrogen-bond acceptors (Lipinski definition) is 22. The molecule has 0 spiro atoms. The van der Waals surface area contributed by atoms with Gasteiger partial charge < -0.3 is 76.9 Å². The Labute approximate surface area is 438 Å². The third-order valence-electron chi connectivity index (χ3n) is 11.3. The fraction of sp³-hybridized carbons (Fsp3) is 0.897. The third kappa shape index (κ3) is 18.1. The Hall–Kier alpha value is 0.540. The number of carbonyl (C=O) groups excluding carboxylic acids is 2. The van der Waals surface area contributed by atoms with Gasteiger partial charge in [-0.25, -0.2) is 0 Å². The maximum atomic E-state index is 11.7. The Morgan fingerprint density at radius 1 is 0.559 bits per heavy atom. The number of aliphatic hydroxyl groups is 3. The molecule has 394 valence electrons. The van der Waals surface area contributed by atoms with Crippen molar-refractivity contribution in [3.8, 4) is 0 Å². The lowest BCUT2D eigenvalue weighted by Gasteiger charge is -2.46. The molecule has 0 aliphatic carbocycles. The summed E-state index contributed by atoms with van der Waals surface area (Å²) in [6.45, 7) is 24.9. The summed E-state index contributed by atoms with van der Waals surface area (Å²) in [5.41, 5.74) is 0. The molecule has 6 aliphatic heterocycles. The van der Waals surface area contributed by atoms with Crippen LogP contribution in [-0.2, 0) is 178 Å². The Bertz CT molecular complexity index is 1950. The molecule has 6 rings (SSSR count). The highest BCUT2D eigenvalue weighted by Crippen LogP contribution is 2.43. The summed E-state index contributed by atoms with van der Waals surface area (Å²) < 4.78 is 75.7. The molecule has 6 saturated heterocycles. The highest BCUT2D eigenvalue weighted by atomic mass is 33.3. The molecule has 0 amide bonds. The van der Waals surface area contributed by atoms with Crippen LogP contribution in [0, 0.1) is 11.8 Å². The molecular weight excluding hydrogens is 1110 g/mol. The van der Waals surface area contributed by atoms with Gasteiger partial charge in [0.2, 0.25) is 0 Å². The van der Waals surface area contributed by atoms with E-state index in [9.17, 15) is 24.9 Å². The van der Waals surface area contributed by atoms with E-state index in [0.29, 0.717) is 0 Å². The summed E-state index contributed by atoms with van der Waals surface area (Å²) in [6, 6.07) is 0. The van der Waals surface area contributed by atoms with Crippen LogP contribution in [0.4, 0.5) is 0 Å². The van der Waals surface area contributed by atoms with Crippen LogP contribution in [0.25, 0.3) is 0 Å². The Balaban J connectivity index is 0.000000296. The predicted octanol–water partition coefficient (Wildman–Crippen LogP) is 1.79. The lowest BCUT2D eigenvalue weighted by atomic mass is 9.91. The van der Waals surface area contributed by atoms with Gasteiger partial charge >= 0.3 is 11.9 Å². The second-order valence-electron chi connectivity index (χ2n) is 17.1. The van der Waals surface area contributed by atoms with Gasteiger partial charge in [0, 0.05) is 133 Å². The Morgan fingerprint density at radius 2 is 0.926 bits per heavy atom. The van der Waals surface area contributed by atoms with E-state index < -0.39 is 110 Å². The highest BCUT2D eigenvalue weighted by Gasteiger charge is 2.58. The van der Waals surface area contributed by atoms with E-state index in [0.717, 1.165) is 0 Å². The van der Waals surface area contributed by atoms with Crippen molar-refractivity contribution < 1.29 is 86.5 Å². The van der Waals surface area contributed by atoms with Crippen LogP contribution in [0.1, 0.15) is 83.1 Å². The topological polar surface area (TPSA) is 215 Å². The average Bonchev–Trinajstić information content (AvgIpc) is 3.78. The molecule has 0 aromatic carbocycles. The van der Waals surface area contributed by atoms with Crippen LogP contribution in [0.15, 0.2) is 12.7 Å². The standard InChI is InChI=1S/C21H34O9.C18H30O9.S6.S5/c1-8-9-24-19-14(23)17(16(12(4)26-19)27-13(5)22)28-20-18-15(10(2)11(3)25-20)29-21(6,7)30-18;1-7-8(2)23-17(15-12(7)26-18(5,6)27-15)25-14-11(20)16(21)22-9(3)13(14)24-10(4)19;1-3-5-6-4-2;1-3-5-4-2/h8,10-12,14-20,23H,1,9H2,2-7H3;7-9,11-17,20-21H,1-6H3;;/t10-,11?,12?,14+,15?,16-,17?,18-,19-,20-;7-,8?,9?,11+,12?,13-,14?,15-,16-,17-;;/m00../s1. The van der Waals surface area contributed by atoms with E-state index in [1.54, 1.807) is 19.9 Å². The van der Waals surface area contributed by atoms with E-state index in [1.807, 2.05) is 55.4 Å². The molecule has 0 saturated carbocycles. The van der Waals surface area contributed by atoms with Gasteiger partial charge in [-0.2, -0.15) is 0 Å². The first-order valence-electron chi connectivity index (χ1n) is 21.3. The van der Waals surface area contributed by atoms with Crippen molar-refractivity contribution in [3.63, 3.8) is 0 Å². The lowest BCUT2D eigenvalue weighted by Crippen LogP contribution is -2.62. The average molecular weight is 1170 g/mol. The zero-order valence-corrected chi connectivity index (χ0v) is 48.5. The minimum Gasteiger partial charge on any atom is -0.457 e. The quantitative estimate of drug-likeness (QED) is 0.222. The predicted molar refractivity (Wildman–Crippen MR) is 276 cm³/mol. The molecule has 0 bridgehead atoms. The number of esters is 2. The van der Waals surface area contributed by atoms with Gasteiger partial charge in [0.05, 0.1) is 43.2 Å². The molecule has 6 aliphatic rings. The molecule has 18 nitrogen and oxygen atoms in total. The van der Waals surface area contributed by atoms with E-state index in [-0.39, 0.29) is 42.9 Å². The van der Waals surface area contributed by atoms with Gasteiger partial charge in [-0.05, 0) is 55.4 Å². The summed E-state index contributed by atoms with van der Waals surface area (Å²) in [5.74, 6) is -2.47. The molecular formula is C39H64O18S11. The normalized spacial score (nSPS) is 40.7. The van der Waals surface area contributed by atoms with Crippen molar-refractivity contribution in [1.29, 1.82) is 0 Å². The largest absolute Gasteiger partial charge is 0.457 e. The van der Waals surface area contributed by atoms with Crippen LogP contribution < -0.4 is 0 Å². The van der Waals surface area contributed by atoms with Gasteiger partial charge in [-0.15, -0.1) is 6.58 Å². The molecule has 8 unspecified atom stereocenters. The van der Waals surface area contributed by atoms with Crippen molar-refractivity contribution in [2.24, 2.45) is 11.8 Å². The first-order valence-corrected chi connectivity index (χ1v) is 33.3. The zero-order chi connectivity index (χ0) is 51.3. The van der Waals surface area contributed by atoms with E-state index >= 15 is 0 Å². The summed E-state index contributed by atoms with van der Waals surface area (Å²) in [5, 5.41) is 31.3. The first-order chi connectivity index (χ1) is 31.9. The maximum absolute atomic E-state index is 11.7. The number of ether oxygens (including phenoxy) is 13. The maximum Gasteiger partial charge on any atom is 0.303 e. The molecule has 29 heteroatoms. The van der Waals surface area contributed by atoms with Gasteiger partial charge in [0.25, 0.3) is 0 Å². The summed E-state index contributed by atoms with van der Waals surface area (Å²) in [7, 11) is 9.58. The van der Waals surface area contributed by atoms with Gasteiger partial charge in [-0.1, -0.05) is 19.9 Å². The minimum absolute atomic E-state index is 0.0741. The fourth-order valence-electron chi connectivity index (χ4n) is 8.10. The van der Waals surface area contributed by atoms with Crippen LogP contribution >= 0.6 is 0 Å². The SMILES string of the molecule is C=CCO[C@H]1OC(C)[C@H](OC(C)=O)C(O[C@@H]2OC(C)[C@H](C)C3OC(C)(C)O[C@@H]32)[C@H]1O.CC(=O)O[C@H]1C(C)O[C@H](O)[C@H](O)C1O[C@@H]1OC(C)[C@H](C)C2OC(C)(C)O[C@@H]21.S=S=S=S=S.S=S=S=S=S=S. The third-order valence-corrected chi connectivity index (χ3v) is 22.4. The molecule has 3 N–H and O–H groups in total. The van der Waals surface area contributed by atoms with Gasteiger partial charge in [-0.3, -0.25) is 9.59 Å². The van der Waals surface area contributed by atoms with Crippen molar-refractivity contribution >= 4 is 119 Å². The highest BCUT2D eigenvalue weighted by molar-refractivity contribution is 8.64. The first kappa shape index (κ1) is 62.8. The fourth-order valence-corrected chi connectivity index (χ4v) is 16.3. The molecule has 0 aromatic heterocycles. The Kier molecular flexibility index (Phi) is 27.3. The zero-order valence-electron chi connectivity index (χ0n) is 39.5. The van der Waals surface area contributed by atoms with Crippen molar-refractivity contribution in [1.82, 2.24) is 0 Å². The minimum atomic E-state index is -1.47. The summed E-state index contributed by atoms with van der Waals surface area (Å²) in [6.07, 6.45) is -12.1. The van der Waals surface area contributed by atoms with Crippen LogP contribution in [0.5, 0.6) is 0 Å². The van der Waals surface area contributed by atoms with Crippen molar-refractivity contribution in [2.75, 3.05) is 6.61 Å². The number of aliphatic hydroxyl groups excluding tert-OH is 3. The van der Waals surface area contributed by atoms with Crippen molar-refractivity contribution in [3.05, 3.63) is 12.7 Å². The molecule has 20 atom stereocenters. The molecule has 0 radical (unpaired) electrons. The molecule has 68 heavy (non-hydrogen) atoms. The lowest BCUT2D eigenvalue weighted by molar-refractivity contribution is -0.344. The number of fused-ring (bicyclic) bond motifs is 2. The molecule has 6 fully saturated rings. The van der Waals surface area contributed by atoms with Crippen LogP contribution in [0.3, 0.4) is 0 Å². The molecule has 0 aromatic rings. The van der Waals surface area contributed by atoms with Crippen LogP contribution in [-0.4, -0.2) is 156 Å². The summed E-state index contributed by atoms with van der Waals surface area (Å²) in [4.78, 5) is 23.2. The van der Waals surface area contributed by atoms with E-state index in [2.05, 4.69) is 51.3 Å². The van der Waals surface area contributed by atoms with E-state index in [4.69, 9.17) is 61.6 Å². The Morgan fingerprint density at radius 3 is 1.29 bits per heavy atom. The number of hydrogen-bond donors (Lipinski definition) is 3. The summed E-state index contributed by atoms with van der Waals surface area (Å²) >= 11 is 17.9. The van der Waals surface area contributed by atoms with Crippen molar-refractivity contribution in [2.45, 2.75) is 205 Å². The van der Waals surface area contributed by atoms with Gasteiger partial charge in [0.15, 0.2) is 48.9 Å². The smallest absolute Gasteiger partial charge is 0.303 e. The van der Waals surface area contributed by atoms with E-state index in [1.165, 1.54) is 76.0 Å². The monoisotopic (exact) mass is 1170 g/mol. The van der Waals surface area contributed by atoms with Gasteiger partial charge in [0.1, 0.15) is 36.6 Å². The second kappa shape index (κ2) is 29.6. The molecule has 6 heterocycles. The number of rotatable bonds is 9. The number of carbonyl (C=O) groups is 2. The second-order valence-corrected chi connectivity index (χ2v) is 29.5. The van der Waals surface area contributed by atoms with Crippen LogP contribution in [0.2, 0.25) is 0 Å².